The van der Waals surface area contributed by atoms with E-state index in [0.29, 0.717) is 10.6 Å². The Morgan fingerprint density at radius 3 is 2.25 bits per heavy atom. The molecular formula is C11H8Cl3N3O2S. The molecule has 0 spiro atoms. The molecule has 0 aliphatic carbocycles. The van der Waals surface area contributed by atoms with Crippen molar-refractivity contribution in [2.45, 2.75) is 11.8 Å². The van der Waals surface area contributed by atoms with Crippen molar-refractivity contribution in [3.8, 4) is 0 Å². The molecule has 1 aromatic carbocycles. The lowest BCUT2D eigenvalue weighted by Gasteiger charge is -2.11. The van der Waals surface area contributed by atoms with Gasteiger partial charge in [0.05, 0.1) is 4.90 Å². The van der Waals surface area contributed by atoms with Crippen molar-refractivity contribution in [1.29, 1.82) is 0 Å². The van der Waals surface area contributed by atoms with Gasteiger partial charge in [-0.2, -0.15) is 0 Å². The van der Waals surface area contributed by atoms with E-state index < -0.39 is 10.0 Å². The molecule has 0 radical (unpaired) electrons. The van der Waals surface area contributed by atoms with E-state index in [9.17, 15) is 8.42 Å². The highest BCUT2D eigenvalue weighted by molar-refractivity contribution is 7.92. The van der Waals surface area contributed by atoms with Crippen molar-refractivity contribution in [3.63, 3.8) is 0 Å². The number of nitrogens with one attached hydrogen (secondary N) is 1. The van der Waals surface area contributed by atoms with Gasteiger partial charge in [-0.05, 0) is 30.7 Å². The quantitative estimate of drug-likeness (QED) is 0.858. The summed E-state index contributed by atoms with van der Waals surface area (Å²) >= 11 is 17.4. The molecule has 20 heavy (non-hydrogen) atoms. The van der Waals surface area contributed by atoms with Crippen LogP contribution in [-0.2, 0) is 10.0 Å². The smallest absolute Gasteiger partial charge is 0.262 e. The Bertz CT molecular complexity index is 745. The number of aromatic nitrogens is 2. The fraction of sp³-hybridized carbons (Fsp3) is 0.0909. The summed E-state index contributed by atoms with van der Waals surface area (Å²) < 4.78 is 26.9. The van der Waals surface area contributed by atoms with Gasteiger partial charge in [0.2, 0.25) is 0 Å². The van der Waals surface area contributed by atoms with Crippen LogP contribution in [0.5, 0.6) is 0 Å². The number of aryl methyl sites for hydroxylation is 1. The standard InChI is InChI=1S/C11H8Cl3N3O2S/c1-6-4-7(12)2-3-8(6)20(18,19)17-9-10(13)15-5-16-11(9)14/h2-5,17H,1H3. The topological polar surface area (TPSA) is 72.0 Å². The molecule has 0 amide bonds. The van der Waals surface area contributed by atoms with Crippen molar-refractivity contribution in [2.75, 3.05) is 4.72 Å². The van der Waals surface area contributed by atoms with Crippen LogP contribution in [0.3, 0.4) is 0 Å². The molecule has 106 valence electrons. The summed E-state index contributed by atoms with van der Waals surface area (Å²) in [5, 5.41) is 0.279. The summed E-state index contributed by atoms with van der Waals surface area (Å²) in [7, 11) is -3.86. The largest absolute Gasteiger partial charge is 0.274 e. The number of hydrogen-bond donors (Lipinski definition) is 1. The highest BCUT2D eigenvalue weighted by atomic mass is 35.5. The molecule has 2 aromatic rings. The van der Waals surface area contributed by atoms with Crippen LogP contribution >= 0.6 is 34.8 Å². The minimum absolute atomic E-state index is 0.0646. The second-order valence-electron chi connectivity index (χ2n) is 3.85. The number of sulfonamides is 1. The van der Waals surface area contributed by atoms with Crippen LogP contribution in [0.2, 0.25) is 15.3 Å². The van der Waals surface area contributed by atoms with E-state index >= 15 is 0 Å². The Morgan fingerprint density at radius 1 is 1.10 bits per heavy atom. The van der Waals surface area contributed by atoms with Gasteiger partial charge in [0.25, 0.3) is 10.0 Å². The van der Waals surface area contributed by atoms with E-state index in [2.05, 4.69) is 14.7 Å². The molecule has 0 aliphatic rings. The third kappa shape index (κ3) is 3.15. The van der Waals surface area contributed by atoms with Gasteiger partial charge < -0.3 is 0 Å². The zero-order valence-corrected chi connectivity index (χ0v) is 13.1. The lowest BCUT2D eigenvalue weighted by Crippen LogP contribution is -2.15. The predicted octanol–water partition coefficient (Wildman–Crippen LogP) is 3.55. The monoisotopic (exact) mass is 351 g/mol. The van der Waals surface area contributed by atoms with Crippen LogP contribution in [0.1, 0.15) is 5.56 Å². The van der Waals surface area contributed by atoms with E-state index in [1.807, 2.05) is 0 Å². The van der Waals surface area contributed by atoms with Gasteiger partial charge in [-0.3, -0.25) is 4.72 Å². The van der Waals surface area contributed by atoms with Gasteiger partial charge in [0.15, 0.2) is 10.3 Å². The predicted molar refractivity (Wildman–Crippen MR) is 79.0 cm³/mol. The van der Waals surface area contributed by atoms with Gasteiger partial charge in [-0.1, -0.05) is 34.8 Å². The average molecular weight is 353 g/mol. The van der Waals surface area contributed by atoms with Crippen LogP contribution in [0.25, 0.3) is 0 Å². The molecule has 0 bridgehead atoms. The minimum atomic E-state index is -3.86. The molecule has 0 unspecified atom stereocenters. The van der Waals surface area contributed by atoms with Crippen molar-refractivity contribution in [3.05, 3.63) is 45.4 Å². The third-order valence-corrected chi connectivity index (χ3v) is 4.74. The molecule has 1 heterocycles. The number of benzene rings is 1. The number of hydrogen-bond acceptors (Lipinski definition) is 4. The normalized spacial score (nSPS) is 11.4. The molecule has 5 nitrogen and oxygen atoms in total. The zero-order valence-electron chi connectivity index (χ0n) is 10.1. The zero-order chi connectivity index (χ0) is 14.9. The maximum absolute atomic E-state index is 12.3. The Balaban J connectivity index is 2.46. The van der Waals surface area contributed by atoms with Crippen molar-refractivity contribution in [1.82, 2.24) is 9.97 Å². The Labute approximate surface area is 131 Å². The van der Waals surface area contributed by atoms with Gasteiger partial charge in [0, 0.05) is 5.02 Å². The molecule has 0 fully saturated rings. The van der Waals surface area contributed by atoms with E-state index in [1.165, 1.54) is 12.1 Å². The summed E-state index contributed by atoms with van der Waals surface area (Å²) in [6, 6.07) is 4.42. The Kier molecular flexibility index (Phi) is 4.39. The highest BCUT2D eigenvalue weighted by Crippen LogP contribution is 2.29. The molecule has 0 atom stereocenters. The number of halogens is 3. The van der Waals surface area contributed by atoms with Crippen LogP contribution in [0, 0.1) is 6.92 Å². The molecule has 0 saturated carbocycles. The second-order valence-corrected chi connectivity index (χ2v) is 6.65. The molecule has 0 aliphatic heterocycles. The molecular weight excluding hydrogens is 345 g/mol. The fourth-order valence-electron chi connectivity index (χ4n) is 1.53. The minimum Gasteiger partial charge on any atom is -0.274 e. The molecule has 2 rings (SSSR count). The number of anilines is 1. The van der Waals surface area contributed by atoms with E-state index in [4.69, 9.17) is 34.8 Å². The fourth-order valence-corrected chi connectivity index (χ4v) is 3.58. The van der Waals surface area contributed by atoms with E-state index in [1.54, 1.807) is 13.0 Å². The molecule has 0 saturated heterocycles. The van der Waals surface area contributed by atoms with Crippen LogP contribution in [-0.4, -0.2) is 18.4 Å². The Hall–Kier alpha value is -1.08. The van der Waals surface area contributed by atoms with Crippen molar-refractivity contribution >= 4 is 50.5 Å². The van der Waals surface area contributed by atoms with Crippen LogP contribution in [0.15, 0.2) is 29.4 Å². The van der Waals surface area contributed by atoms with Crippen molar-refractivity contribution < 1.29 is 8.42 Å². The summed E-state index contributed by atoms with van der Waals surface area (Å²) in [5.41, 5.74) is 0.430. The van der Waals surface area contributed by atoms with Gasteiger partial charge in [0.1, 0.15) is 12.0 Å². The maximum Gasteiger partial charge on any atom is 0.262 e. The number of rotatable bonds is 3. The van der Waals surface area contributed by atoms with Gasteiger partial charge in [-0.25, -0.2) is 18.4 Å². The first kappa shape index (κ1) is 15.3. The van der Waals surface area contributed by atoms with Crippen molar-refractivity contribution in [2.24, 2.45) is 0 Å². The summed E-state index contributed by atoms with van der Waals surface area (Å²) in [4.78, 5) is 7.42. The van der Waals surface area contributed by atoms with E-state index in [0.717, 1.165) is 6.33 Å². The van der Waals surface area contributed by atoms with E-state index in [-0.39, 0.29) is 20.9 Å². The summed E-state index contributed by atoms with van der Waals surface area (Å²) in [5.74, 6) is 0. The average Bonchev–Trinajstić information content (AvgIpc) is 2.33. The first-order valence-corrected chi connectivity index (χ1v) is 7.88. The molecule has 9 heteroatoms. The maximum atomic E-state index is 12.3. The number of nitrogens with zero attached hydrogens (tertiary/aromatic N) is 2. The second kappa shape index (κ2) is 5.73. The lowest BCUT2D eigenvalue weighted by atomic mass is 10.2. The molecule has 1 aromatic heterocycles. The Morgan fingerprint density at radius 2 is 1.70 bits per heavy atom. The van der Waals surface area contributed by atoms with Crippen LogP contribution < -0.4 is 4.72 Å². The summed E-state index contributed by atoms with van der Waals surface area (Å²) in [6.07, 6.45) is 1.13. The molecule has 1 N–H and O–H groups in total. The highest BCUT2D eigenvalue weighted by Gasteiger charge is 2.20. The van der Waals surface area contributed by atoms with Crippen LogP contribution in [0.4, 0.5) is 5.69 Å². The SMILES string of the molecule is Cc1cc(Cl)ccc1S(=O)(=O)Nc1c(Cl)ncnc1Cl. The third-order valence-electron chi connectivity index (χ3n) is 2.42. The first-order valence-electron chi connectivity index (χ1n) is 5.26. The summed E-state index contributed by atoms with van der Waals surface area (Å²) in [6.45, 7) is 1.63. The first-order chi connectivity index (χ1) is 9.31. The van der Waals surface area contributed by atoms with Gasteiger partial charge in [-0.15, -0.1) is 0 Å². The lowest BCUT2D eigenvalue weighted by molar-refractivity contribution is 0.600. The van der Waals surface area contributed by atoms with Gasteiger partial charge >= 0.3 is 0 Å².